The maximum atomic E-state index is 13.8. The molecule has 1 heterocycles. The molecule has 4 heteroatoms. The van der Waals surface area contributed by atoms with Crippen molar-refractivity contribution in [3.63, 3.8) is 0 Å². The van der Waals surface area contributed by atoms with Gasteiger partial charge in [0.2, 0.25) is 0 Å². The summed E-state index contributed by atoms with van der Waals surface area (Å²) in [4.78, 5) is 0. The van der Waals surface area contributed by atoms with Gasteiger partial charge in [-0.25, -0.2) is 8.78 Å². The lowest BCUT2D eigenvalue weighted by molar-refractivity contribution is 0.485. The zero-order valence-electron chi connectivity index (χ0n) is 11.7. The van der Waals surface area contributed by atoms with Gasteiger partial charge in [-0.1, -0.05) is 6.92 Å². The molecule has 0 amide bonds. The van der Waals surface area contributed by atoms with Gasteiger partial charge >= 0.3 is 0 Å². The van der Waals surface area contributed by atoms with E-state index >= 15 is 0 Å². The van der Waals surface area contributed by atoms with Gasteiger partial charge in [0, 0.05) is 11.6 Å². The Morgan fingerprint density at radius 2 is 2.05 bits per heavy atom. The van der Waals surface area contributed by atoms with Gasteiger partial charge in [0.25, 0.3) is 0 Å². The second-order valence-corrected chi connectivity index (χ2v) is 4.88. The molecule has 0 saturated carbocycles. The Labute approximate surface area is 117 Å². The molecule has 0 aliphatic heterocycles. The Morgan fingerprint density at radius 3 is 2.70 bits per heavy atom. The van der Waals surface area contributed by atoms with E-state index in [0.717, 1.165) is 30.4 Å². The fourth-order valence-corrected chi connectivity index (χ4v) is 2.29. The number of furan rings is 1. The highest BCUT2D eigenvalue weighted by Crippen LogP contribution is 2.24. The van der Waals surface area contributed by atoms with Gasteiger partial charge in [-0.05, 0) is 56.1 Å². The summed E-state index contributed by atoms with van der Waals surface area (Å²) in [5, 5.41) is 3.36. The zero-order valence-corrected chi connectivity index (χ0v) is 11.7. The molecule has 0 radical (unpaired) electrons. The van der Waals surface area contributed by atoms with Gasteiger partial charge in [0.1, 0.15) is 17.4 Å². The van der Waals surface area contributed by atoms with Crippen LogP contribution in [0.4, 0.5) is 8.78 Å². The fourth-order valence-electron chi connectivity index (χ4n) is 2.29. The minimum atomic E-state index is -0.417. The van der Waals surface area contributed by atoms with Crippen LogP contribution in [0.1, 0.15) is 36.3 Å². The van der Waals surface area contributed by atoms with Crippen LogP contribution in [0.5, 0.6) is 0 Å². The van der Waals surface area contributed by atoms with Crippen LogP contribution in [-0.2, 0) is 6.42 Å². The summed E-state index contributed by atoms with van der Waals surface area (Å²) in [6.07, 6.45) is 2.98. The van der Waals surface area contributed by atoms with E-state index in [-0.39, 0.29) is 11.9 Å². The van der Waals surface area contributed by atoms with Crippen molar-refractivity contribution in [1.29, 1.82) is 0 Å². The molecule has 0 saturated heterocycles. The summed E-state index contributed by atoms with van der Waals surface area (Å²) in [5.41, 5.74) is 1.36. The number of aryl methyl sites for hydroxylation is 1. The molecule has 20 heavy (non-hydrogen) atoms. The van der Waals surface area contributed by atoms with E-state index < -0.39 is 5.82 Å². The van der Waals surface area contributed by atoms with E-state index in [1.54, 1.807) is 6.26 Å². The van der Waals surface area contributed by atoms with Crippen LogP contribution in [0.2, 0.25) is 0 Å². The van der Waals surface area contributed by atoms with Crippen molar-refractivity contribution in [3.05, 3.63) is 59.1 Å². The van der Waals surface area contributed by atoms with E-state index in [4.69, 9.17) is 4.42 Å². The van der Waals surface area contributed by atoms with Crippen LogP contribution in [0.3, 0.4) is 0 Å². The molecule has 2 aromatic rings. The number of nitrogens with one attached hydrogen (secondary N) is 1. The van der Waals surface area contributed by atoms with E-state index in [9.17, 15) is 8.78 Å². The predicted molar refractivity (Wildman–Crippen MR) is 74.5 cm³/mol. The quantitative estimate of drug-likeness (QED) is 0.859. The third kappa shape index (κ3) is 3.45. The summed E-state index contributed by atoms with van der Waals surface area (Å²) in [6, 6.07) is 5.36. The first-order valence-corrected chi connectivity index (χ1v) is 6.83. The topological polar surface area (TPSA) is 25.2 Å². The van der Waals surface area contributed by atoms with Gasteiger partial charge in [0.15, 0.2) is 0 Å². The Bertz CT molecular complexity index is 565. The monoisotopic (exact) mass is 279 g/mol. The summed E-state index contributed by atoms with van der Waals surface area (Å²) < 4.78 is 32.4. The molecule has 0 bridgehead atoms. The minimum Gasteiger partial charge on any atom is -0.469 e. The van der Waals surface area contributed by atoms with E-state index in [1.807, 2.05) is 13.0 Å². The highest BCUT2D eigenvalue weighted by molar-refractivity contribution is 5.26. The van der Waals surface area contributed by atoms with Gasteiger partial charge in [-0.3, -0.25) is 0 Å². The molecule has 2 nitrogen and oxygen atoms in total. The number of halogens is 2. The average molecular weight is 279 g/mol. The molecule has 2 rings (SSSR count). The van der Waals surface area contributed by atoms with Crippen LogP contribution in [0.25, 0.3) is 0 Å². The Balaban J connectivity index is 2.23. The second-order valence-electron chi connectivity index (χ2n) is 4.88. The fraction of sp³-hybridized carbons (Fsp3) is 0.375. The normalized spacial score (nSPS) is 12.6. The molecule has 0 fully saturated rings. The van der Waals surface area contributed by atoms with Crippen molar-refractivity contribution < 1.29 is 13.2 Å². The minimum absolute atomic E-state index is 0.0787. The van der Waals surface area contributed by atoms with Crippen LogP contribution in [0, 0.1) is 18.6 Å². The number of rotatable bonds is 6. The molecule has 1 N–H and O–H groups in total. The van der Waals surface area contributed by atoms with E-state index in [1.165, 1.54) is 12.1 Å². The van der Waals surface area contributed by atoms with Crippen LogP contribution in [-0.4, -0.2) is 6.54 Å². The first kappa shape index (κ1) is 14.7. The molecule has 108 valence electrons. The van der Waals surface area contributed by atoms with E-state index in [0.29, 0.717) is 12.0 Å². The first-order valence-electron chi connectivity index (χ1n) is 6.83. The third-order valence-electron chi connectivity index (χ3n) is 3.35. The number of hydrogen-bond acceptors (Lipinski definition) is 2. The largest absolute Gasteiger partial charge is 0.469 e. The van der Waals surface area contributed by atoms with Gasteiger partial charge < -0.3 is 9.73 Å². The summed E-state index contributed by atoms with van der Waals surface area (Å²) >= 11 is 0. The molecule has 1 unspecified atom stereocenters. The average Bonchev–Trinajstić information content (AvgIpc) is 2.84. The maximum Gasteiger partial charge on any atom is 0.126 e. The van der Waals surface area contributed by atoms with Gasteiger partial charge in [0.05, 0.1) is 6.26 Å². The van der Waals surface area contributed by atoms with Crippen molar-refractivity contribution in [1.82, 2.24) is 5.32 Å². The Hall–Kier alpha value is -1.68. The lowest BCUT2D eigenvalue weighted by Gasteiger charge is -2.18. The molecule has 0 aliphatic carbocycles. The van der Waals surface area contributed by atoms with Crippen LogP contribution < -0.4 is 5.32 Å². The van der Waals surface area contributed by atoms with Crippen LogP contribution in [0.15, 0.2) is 34.9 Å². The molecule has 1 aromatic carbocycles. The Kier molecular flexibility index (Phi) is 4.90. The van der Waals surface area contributed by atoms with Crippen LogP contribution >= 0.6 is 0 Å². The van der Waals surface area contributed by atoms with Crippen molar-refractivity contribution in [2.45, 2.75) is 32.7 Å². The van der Waals surface area contributed by atoms with Crippen molar-refractivity contribution >= 4 is 0 Å². The highest BCUT2D eigenvalue weighted by Gasteiger charge is 2.18. The van der Waals surface area contributed by atoms with Gasteiger partial charge in [-0.15, -0.1) is 0 Å². The SMILES string of the molecule is CCCNC(Cc1cc(F)ccc1F)c1ccoc1C. The van der Waals surface area contributed by atoms with Crippen molar-refractivity contribution in [2.75, 3.05) is 6.54 Å². The maximum absolute atomic E-state index is 13.8. The lowest BCUT2D eigenvalue weighted by atomic mass is 9.98. The van der Waals surface area contributed by atoms with E-state index in [2.05, 4.69) is 12.2 Å². The molecule has 0 spiro atoms. The summed E-state index contributed by atoms with van der Waals surface area (Å²) in [5.74, 6) is 0.00539. The van der Waals surface area contributed by atoms with Crippen molar-refractivity contribution in [3.8, 4) is 0 Å². The Morgan fingerprint density at radius 1 is 1.25 bits per heavy atom. The first-order chi connectivity index (χ1) is 9.61. The number of hydrogen-bond donors (Lipinski definition) is 1. The van der Waals surface area contributed by atoms with Gasteiger partial charge in [-0.2, -0.15) is 0 Å². The molecule has 0 aliphatic rings. The highest BCUT2D eigenvalue weighted by atomic mass is 19.1. The molecule has 1 atom stereocenters. The zero-order chi connectivity index (χ0) is 14.5. The molecule has 1 aromatic heterocycles. The second kappa shape index (κ2) is 6.66. The standard InChI is InChI=1S/C16H19F2NO/c1-3-7-19-16(14-6-8-20-11(14)2)10-12-9-13(17)4-5-15(12)18/h4-6,8-9,16,19H,3,7,10H2,1-2H3. The smallest absolute Gasteiger partial charge is 0.126 e. The summed E-state index contributed by atoms with van der Waals surface area (Å²) in [6.45, 7) is 4.75. The lowest BCUT2D eigenvalue weighted by Crippen LogP contribution is -2.24. The summed E-state index contributed by atoms with van der Waals surface area (Å²) in [7, 11) is 0. The molecular formula is C16H19F2NO. The third-order valence-corrected chi connectivity index (χ3v) is 3.35. The van der Waals surface area contributed by atoms with Crippen molar-refractivity contribution in [2.24, 2.45) is 0 Å². The predicted octanol–water partition coefficient (Wildman–Crippen LogP) is 4.15. The number of benzene rings is 1. The molecular weight excluding hydrogens is 260 g/mol.